The zero-order valence-corrected chi connectivity index (χ0v) is 12.3. The lowest BCUT2D eigenvalue weighted by Gasteiger charge is -2.11. The molecule has 2 rings (SSSR count). The van der Waals surface area contributed by atoms with Gasteiger partial charge in [0.15, 0.2) is 0 Å². The smallest absolute Gasteiger partial charge is 0.140 e. The molecule has 0 amide bonds. The fourth-order valence-electron chi connectivity index (χ4n) is 1.86. The Morgan fingerprint density at radius 2 is 1.95 bits per heavy atom. The summed E-state index contributed by atoms with van der Waals surface area (Å²) in [7, 11) is 0. The predicted molar refractivity (Wildman–Crippen MR) is 75.9 cm³/mol. The average Bonchev–Trinajstić information content (AvgIpc) is 2.79. The first-order chi connectivity index (χ1) is 9.51. The zero-order chi connectivity index (χ0) is 14.7. The van der Waals surface area contributed by atoms with Crippen LogP contribution in [0.25, 0.3) is 0 Å². The lowest BCUT2D eigenvalue weighted by Crippen LogP contribution is -2.21. The second kappa shape index (κ2) is 6.41. The van der Waals surface area contributed by atoms with Crippen LogP contribution in [0.15, 0.2) is 38.7 Å². The van der Waals surface area contributed by atoms with Crippen molar-refractivity contribution in [2.45, 2.75) is 42.5 Å². The molecule has 0 radical (unpaired) electrons. The fourth-order valence-corrected chi connectivity index (χ4v) is 2.71. The van der Waals surface area contributed by atoms with Gasteiger partial charge in [-0.15, -0.1) is 0 Å². The van der Waals surface area contributed by atoms with Crippen molar-refractivity contribution in [3.8, 4) is 0 Å². The number of rotatable bonds is 5. The van der Waals surface area contributed by atoms with Crippen LogP contribution in [0.2, 0.25) is 0 Å². The predicted octanol–water partition coefficient (Wildman–Crippen LogP) is 4.30. The van der Waals surface area contributed by atoms with Gasteiger partial charge in [0, 0.05) is 6.04 Å². The molecule has 0 aliphatic heterocycles. The molecule has 0 saturated heterocycles. The van der Waals surface area contributed by atoms with Crippen LogP contribution >= 0.6 is 11.8 Å². The maximum absolute atomic E-state index is 14.1. The lowest BCUT2D eigenvalue weighted by atomic mass is 10.0. The van der Waals surface area contributed by atoms with E-state index in [-0.39, 0.29) is 10.9 Å². The molecular formula is C15H17F2NOS. The molecule has 0 bridgehead atoms. The minimum Gasteiger partial charge on any atom is -0.468 e. The summed E-state index contributed by atoms with van der Waals surface area (Å²) in [6.45, 7) is 3.70. The number of hydrogen-bond donors (Lipinski definition) is 1. The second-order valence-corrected chi connectivity index (χ2v) is 5.76. The maximum Gasteiger partial charge on any atom is 0.140 e. The fraction of sp³-hybridized carbons (Fsp3) is 0.333. The number of aryl methyl sites for hydroxylation is 1. The molecule has 1 unspecified atom stereocenters. The van der Waals surface area contributed by atoms with Gasteiger partial charge >= 0.3 is 0 Å². The lowest BCUT2D eigenvalue weighted by molar-refractivity contribution is 0.525. The monoisotopic (exact) mass is 297 g/mol. The Hall–Kier alpha value is -1.33. The van der Waals surface area contributed by atoms with Gasteiger partial charge in [-0.05, 0) is 43.5 Å². The third-order valence-electron chi connectivity index (χ3n) is 3.10. The van der Waals surface area contributed by atoms with Crippen molar-refractivity contribution in [1.82, 2.24) is 0 Å². The molecule has 2 nitrogen and oxygen atoms in total. The highest BCUT2D eigenvalue weighted by atomic mass is 32.2. The summed E-state index contributed by atoms with van der Waals surface area (Å²) >= 11 is 1.03. The van der Waals surface area contributed by atoms with Crippen LogP contribution in [-0.2, 0) is 6.42 Å². The van der Waals surface area contributed by atoms with Crippen LogP contribution in [-0.4, -0.2) is 6.04 Å². The van der Waals surface area contributed by atoms with Crippen molar-refractivity contribution in [2.24, 2.45) is 5.73 Å². The molecule has 1 aromatic heterocycles. The molecule has 2 N–H and O–H groups in total. The molecule has 0 saturated carbocycles. The third-order valence-corrected chi connectivity index (χ3v) is 4.34. The largest absolute Gasteiger partial charge is 0.468 e. The molecular weight excluding hydrogens is 280 g/mol. The molecule has 1 atom stereocenters. The summed E-state index contributed by atoms with van der Waals surface area (Å²) < 4.78 is 33.2. The van der Waals surface area contributed by atoms with Crippen LogP contribution < -0.4 is 5.73 Å². The molecule has 108 valence electrons. The number of benzene rings is 1. The molecule has 5 heteroatoms. The Labute approximate surface area is 121 Å². The maximum atomic E-state index is 14.1. The number of halogens is 2. The Bertz CT molecular complexity index is 574. The molecule has 0 fully saturated rings. The van der Waals surface area contributed by atoms with E-state index in [1.807, 2.05) is 6.92 Å². The SMILES string of the molecule is CCC(N)Cc1cc(F)c(Sc2ccoc2C)c(F)c1. The minimum atomic E-state index is -0.561. The van der Waals surface area contributed by atoms with Gasteiger partial charge in [0.1, 0.15) is 17.4 Å². The Kier molecular flexibility index (Phi) is 4.83. The summed E-state index contributed by atoms with van der Waals surface area (Å²) in [5.41, 5.74) is 6.40. The Morgan fingerprint density at radius 3 is 2.45 bits per heavy atom. The first-order valence-electron chi connectivity index (χ1n) is 6.46. The van der Waals surface area contributed by atoms with E-state index >= 15 is 0 Å². The van der Waals surface area contributed by atoms with E-state index in [2.05, 4.69) is 0 Å². The van der Waals surface area contributed by atoms with Gasteiger partial charge in [-0.3, -0.25) is 0 Å². The molecule has 20 heavy (non-hydrogen) atoms. The van der Waals surface area contributed by atoms with E-state index in [0.29, 0.717) is 22.6 Å². The normalized spacial score (nSPS) is 12.7. The highest BCUT2D eigenvalue weighted by molar-refractivity contribution is 7.99. The Balaban J connectivity index is 2.25. The third kappa shape index (κ3) is 3.41. The van der Waals surface area contributed by atoms with Crippen molar-refractivity contribution in [1.29, 1.82) is 0 Å². The summed E-state index contributed by atoms with van der Waals surface area (Å²) in [6.07, 6.45) is 2.75. The second-order valence-electron chi connectivity index (χ2n) is 4.70. The van der Waals surface area contributed by atoms with E-state index in [1.165, 1.54) is 18.4 Å². The topological polar surface area (TPSA) is 39.2 Å². The van der Waals surface area contributed by atoms with Crippen LogP contribution in [0, 0.1) is 18.6 Å². The van der Waals surface area contributed by atoms with Gasteiger partial charge in [-0.25, -0.2) is 8.78 Å². The van der Waals surface area contributed by atoms with Gasteiger partial charge in [-0.1, -0.05) is 18.7 Å². The molecule has 0 aliphatic rings. The summed E-state index contributed by atoms with van der Waals surface area (Å²) in [6, 6.07) is 4.33. The van der Waals surface area contributed by atoms with Crippen molar-refractivity contribution in [3.63, 3.8) is 0 Å². The van der Waals surface area contributed by atoms with E-state index in [9.17, 15) is 8.78 Å². The zero-order valence-electron chi connectivity index (χ0n) is 11.5. The first kappa shape index (κ1) is 15.1. The number of nitrogens with two attached hydrogens (primary N) is 1. The summed E-state index contributed by atoms with van der Waals surface area (Å²) in [5.74, 6) is -0.478. The summed E-state index contributed by atoms with van der Waals surface area (Å²) in [5, 5.41) is 0. The molecule has 0 spiro atoms. The van der Waals surface area contributed by atoms with Crippen LogP contribution in [0.4, 0.5) is 8.78 Å². The van der Waals surface area contributed by atoms with Crippen molar-refractivity contribution < 1.29 is 13.2 Å². The molecule has 1 aromatic carbocycles. The van der Waals surface area contributed by atoms with Gasteiger partial charge in [0.25, 0.3) is 0 Å². The minimum absolute atomic E-state index is 0.0108. The van der Waals surface area contributed by atoms with Crippen LogP contribution in [0.1, 0.15) is 24.7 Å². The first-order valence-corrected chi connectivity index (χ1v) is 7.28. The van der Waals surface area contributed by atoms with Crippen molar-refractivity contribution >= 4 is 11.8 Å². The molecule has 2 aromatic rings. The highest BCUT2D eigenvalue weighted by Gasteiger charge is 2.15. The van der Waals surface area contributed by atoms with E-state index in [1.54, 1.807) is 13.0 Å². The van der Waals surface area contributed by atoms with E-state index in [4.69, 9.17) is 10.2 Å². The van der Waals surface area contributed by atoms with Gasteiger partial charge in [-0.2, -0.15) is 0 Å². The number of furan rings is 1. The van der Waals surface area contributed by atoms with Gasteiger partial charge < -0.3 is 10.2 Å². The van der Waals surface area contributed by atoms with E-state index in [0.717, 1.165) is 18.2 Å². The standard InChI is InChI=1S/C15H17F2NOS/c1-3-11(18)6-10-7-12(16)15(13(17)8-10)20-14-4-5-19-9(14)2/h4-5,7-8,11H,3,6,18H2,1-2H3. The van der Waals surface area contributed by atoms with Crippen molar-refractivity contribution in [2.75, 3.05) is 0 Å². The number of hydrogen-bond acceptors (Lipinski definition) is 3. The Morgan fingerprint density at radius 1 is 1.30 bits per heavy atom. The van der Waals surface area contributed by atoms with Gasteiger partial charge in [0.2, 0.25) is 0 Å². The molecule has 1 heterocycles. The molecule has 0 aliphatic carbocycles. The quantitative estimate of drug-likeness (QED) is 0.894. The average molecular weight is 297 g/mol. The van der Waals surface area contributed by atoms with Crippen molar-refractivity contribution in [3.05, 3.63) is 47.4 Å². The van der Waals surface area contributed by atoms with Crippen LogP contribution in [0.5, 0.6) is 0 Å². The van der Waals surface area contributed by atoms with Gasteiger partial charge in [0.05, 0.1) is 16.1 Å². The highest BCUT2D eigenvalue weighted by Crippen LogP contribution is 2.35. The summed E-state index contributed by atoms with van der Waals surface area (Å²) in [4.78, 5) is 0.698. The van der Waals surface area contributed by atoms with Crippen LogP contribution in [0.3, 0.4) is 0 Å². The van der Waals surface area contributed by atoms with E-state index < -0.39 is 11.6 Å².